The van der Waals surface area contributed by atoms with Crippen molar-refractivity contribution in [1.29, 1.82) is 0 Å². The molecule has 7 heteroatoms. The van der Waals surface area contributed by atoms with Gasteiger partial charge in [-0.1, -0.05) is 11.3 Å². The monoisotopic (exact) mass is 327 g/mol. The average Bonchev–Trinajstić information content (AvgIpc) is 3.24. The predicted octanol–water partition coefficient (Wildman–Crippen LogP) is 2.09. The van der Waals surface area contributed by atoms with Gasteiger partial charge in [-0.25, -0.2) is 4.68 Å². The van der Waals surface area contributed by atoms with Gasteiger partial charge in [0.2, 0.25) is 0 Å². The second kappa shape index (κ2) is 6.57. The molecule has 1 aliphatic rings. The Labute approximate surface area is 138 Å². The molecule has 3 aromatic heterocycles. The quantitative estimate of drug-likeness (QED) is 0.777. The van der Waals surface area contributed by atoms with Gasteiger partial charge in [0.05, 0.1) is 30.6 Å². The maximum Gasteiger partial charge on any atom is 0.119 e. The molecule has 0 fully saturated rings. The average molecular weight is 327 g/mol. The van der Waals surface area contributed by atoms with Crippen LogP contribution in [0.4, 0.5) is 0 Å². The second-order valence-electron chi connectivity index (χ2n) is 5.46. The maximum absolute atomic E-state index is 5.96. The Hall–Kier alpha value is -2.09. The van der Waals surface area contributed by atoms with Gasteiger partial charge < -0.3 is 10.1 Å². The van der Waals surface area contributed by atoms with E-state index in [0.29, 0.717) is 6.61 Å². The summed E-state index contributed by atoms with van der Waals surface area (Å²) in [4.78, 5) is 4.30. The molecule has 1 aliphatic heterocycles. The number of nitrogens with one attached hydrogen (secondary N) is 1. The van der Waals surface area contributed by atoms with E-state index in [1.165, 1.54) is 0 Å². The normalized spacial score (nSPS) is 17.1. The van der Waals surface area contributed by atoms with Gasteiger partial charge in [-0.3, -0.25) is 4.98 Å². The highest BCUT2D eigenvalue weighted by Gasteiger charge is 2.24. The van der Waals surface area contributed by atoms with Crippen LogP contribution in [0.15, 0.2) is 41.2 Å². The molecule has 23 heavy (non-hydrogen) atoms. The van der Waals surface area contributed by atoms with Crippen LogP contribution in [0.5, 0.6) is 0 Å². The van der Waals surface area contributed by atoms with Crippen LogP contribution in [0.1, 0.15) is 11.4 Å². The van der Waals surface area contributed by atoms with Gasteiger partial charge in [-0.05, 0) is 23.6 Å². The Bertz CT molecular complexity index is 756. The maximum atomic E-state index is 5.96. The largest absolute Gasteiger partial charge is 0.369 e. The summed E-state index contributed by atoms with van der Waals surface area (Å²) in [6.07, 6.45) is 1.91. The molecule has 0 aliphatic carbocycles. The molecule has 0 spiro atoms. The van der Waals surface area contributed by atoms with Crippen LogP contribution in [0.3, 0.4) is 0 Å². The smallest absolute Gasteiger partial charge is 0.119 e. The van der Waals surface area contributed by atoms with Gasteiger partial charge in [0, 0.05) is 30.2 Å². The molecular formula is C16H17N5OS. The molecule has 118 valence electrons. The van der Waals surface area contributed by atoms with Crippen LogP contribution >= 0.6 is 11.3 Å². The van der Waals surface area contributed by atoms with Crippen LogP contribution in [-0.4, -0.2) is 32.6 Å². The fraction of sp³-hybridized carbons (Fsp3) is 0.312. The molecule has 1 N–H and O–H groups in total. The van der Waals surface area contributed by atoms with Gasteiger partial charge in [0.25, 0.3) is 0 Å². The lowest BCUT2D eigenvalue weighted by Crippen LogP contribution is -2.36. The van der Waals surface area contributed by atoms with Crippen LogP contribution in [-0.2, 0) is 24.4 Å². The molecule has 4 rings (SSSR count). The van der Waals surface area contributed by atoms with Crippen molar-refractivity contribution in [2.75, 3.05) is 6.54 Å². The Morgan fingerprint density at radius 2 is 2.35 bits per heavy atom. The molecule has 0 radical (unpaired) electrons. The highest BCUT2D eigenvalue weighted by Crippen LogP contribution is 2.26. The van der Waals surface area contributed by atoms with Crippen LogP contribution in [0, 0.1) is 0 Å². The zero-order valence-corrected chi connectivity index (χ0v) is 13.4. The first-order chi connectivity index (χ1) is 11.4. The third-order valence-electron chi connectivity index (χ3n) is 3.87. The molecule has 0 aromatic carbocycles. The number of ether oxygens (including phenoxy) is 1. The summed E-state index contributed by atoms with van der Waals surface area (Å²) in [5.41, 5.74) is 4.14. The second-order valence-corrected chi connectivity index (χ2v) is 6.24. The van der Waals surface area contributed by atoms with Crippen molar-refractivity contribution < 1.29 is 4.74 Å². The first-order valence-electron chi connectivity index (χ1n) is 7.57. The van der Waals surface area contributed by atoms with E-state index in [1.54, 1.807) is 11.3 Å². The minimum Gasteiger partial charge on any atom is -0.369 e. The summed E-state index contributed by atoms with van der Waals surface area (Å²) in [7, 11) is 0. The van der Waals surface area contributed by atoms with Crippen LogP contribution in [0.2, 0.25) is 0 Å². The van der Waals surface area contributed by atoms with Gasteiger partial charge in [0.1, 0.15) is 5.69 Å². The number of aromatic nitrogens is 4. The molecule has 0 saturated carbocycles. The van der Waals surface area contributed by atoms with E-state index in [4.69, 9.17) is 4.74 Å². The summed E-state index contributed by atoms with van der Waals surface area (Å²) in [5.74, 6) is 0. The van der Waals surface area contributed by atoms with Gasteiger partial charge in [-0.15, -0.1) is 5.10 Å². The van der Waals surface area contributed by atoms with Crippen molar-refractivity contribution in [3.8, 4) is 11.3 Å². The van der Waals surface area contributed by atoms with Crippen molar-refractivity contribution in [2.24, 2.45) is 0 Å². The molecular weight excluding hydrogens is 310 g/mol. The molecule has 0 saturated heterocycles. The molecule has 0 amide bonds. The fourth-order valence-corrected chi connectivity index (χ4v) is 3.32. The molecule has 6 nitrogen and oxygen atoms in total. The standard InChI is InChI=1S/C16H17N5OS/c1-2-5-18-13(3-1)7-17-8-14-9-21-15(10-22-14)16(19-20-21)12-4-6-23-11-12/h1-6,11,14,17H,7-10H2. The first kappa shape index (κ1) is 14.5. The highest BCUT2D eigenvalue weighted by atomic mass is 32.1. The molecule has 4 heterocycles. The Balaban J connectivity index is 1.36. The first-order valence-corrected chi connectivity index (χ1v) is 8.51. The lowest BCUT2D eigenvalue weighted by molar-refractivity contribution is 0.00122. The third-order valence-corrected chi connectivity index (χ3v) is 4.55. The zero-order chi connectivity index (χ0) is 15.5. The van der Waals surface area contributed by atoms with Crippen LogP contribution < -0.4 is 5.32 Å². The van der Waals surface area contributed by atoms with E-state index < -0.39 is 0 Å². The number of thiophene rings is 1. The number of pyridine rings is 1. The predicted molar refractivity (Wildman–Crippen MR) is 87.9 cm³/mol. The van der Waals surface area contributed by atoms with E-state index in [1.807, 2.05) is 29.1 Å². The van der Waals surface area contributed by atoms with E-state index >= 15 is 0 Å². The lowest BCUT2D eigenvalue weighted by Gasteiger charge is -2.24. The lowest BCUT2D eigenvalue weighted by atomic mass is 10.2. The topological polar surface area (TPSA) is 64.9 Å². The van der Waals surface area contributed by atoms with E-state index in [2.05, 4.69) is 37.4 Å². The van der Waals surface area contributed by atoms with Crippen LogP contribution in [0.25, 0.3) is 11.3 Å². The van der Waals surface area contributed by atoms with Crippen molar-refractivity contribution in [1.82, 2.24) is 25.3 Å². The van der Waals surface area contributed by atoms with Gasteiger partial charge in [0.15, 0.2) is 0 Å². The van der Waals surface area contributed by atoms with E-state index in [-0.39, 0.29) is 6.10 Å². The minimum atomic E-state index is 0.100. The molecule has 3 aromatic rings. The van der Waals surface area contributed by atoms with E-state index in [9.17, 15) is 0 Å². The Morgan fingerprint density at radius 3 is 3.17 bits per heavy atom. The van der Waals surface area contributed by atoms with Gasteiger partial charge in [-0.2, -0.15) is 11.3 Å². The SMILES string of the molecule is c1ccc(CNCC2Cn3nnc(-c4ccsc4)c3CO2)nc1. The van der Waals surface area contributed by atoms with Crippen molar-refractivity contribution in [2.45, 2.75) is 25.8 Å². The molecule has 1 atom stereocenters. The number of fused-ring (bicyclic) bond motifs is 1. The number of hydrogen-bond acceptors (Lipinski definition) is 6. The number of rotatable bonds is 5. The van der Waals surface area contributed by atoms with Crippen molar-refractivity contribution in [3.05, 3.63) is 52.6 Å². The number of nitrogens with zero attached hydrogens (tertiary/aromatic N) is 4. The summed E-state index contributed by atoms with van der Waals surface area (Å²) < 4.78 is 7.92. The number of hydrogen-bond donors (Lipinski definition) is 1. The van der Waals surface area contributed by atoms with E-state index in [0.717, 1.165) is 42.3 Å². The zero-order valence-electron chi connectivity index (χ0n) is 12.6. The summed E-state index contributed by atoms with van der Waals surface area (Å²) in [5, 5.41) is 16.1. The molecule has 1 unspecified atom stereocenters. The van der Waals surface area contributed by atoms with Crippen molar-refractivity contribution in [3.63, 3.8) is 0 Å². The summed E-state index contributed by atoms with van der Waals surface area (Å²) >= 11 is 1.66. The van der Waals surface area contributed by atoms with Gasteiger partial charge >= 0.3 is 0 Å². The Morgan fingerprint density at radius 1 is 1.35 bits per heavy atom. The minimum absolute atomic E-state index is 0.100. The highest BCUT2D eigenvalue weighted by molar-refractivity contribution is 7.08. The Kier molecular flexibility index (Phi) is 4.14. The third kappa shape index (κ3) is 3.17. The molecule has 0 bridgehead atoms. The summed E-state index contributed by atoms with van der Waals surface area (Å²) in [6, 6.07) is 7.99. The fourth-order valence-electron chi connectivity index (χ4n) is 2.68. The van der Waals surface area contributed by atoms with Crippen molar-refractivity contribution >= 4 is 11.3 Å². The summed E-state index contributed by atoms with van der Waals surface area (Å²) in [6.45, 7) is 2.78.